The Labute approximate surface area is 117 Å². The van der Waals surface area contributed by atoms with Crippen molar-refractivity contribution in [2.45, 2.75) is 6.54 Å². The van der Waals surface area contributed by atoms with Gasteiger partial charge in [-0.15, -0.1) is 0 Å². The third-order valence-electron chi connectivity index (χ3n) is 2.76. The third-order valence-corrected chi connectivity index (χ3v) is 2.76. The highest BCUT2D eigenvalue weighted by molar-refractivity contribution is 5.48. The summed E-state index contributed by atoms with van der Waals surface area (Å²) in [5, 5.41) is 12.2. The second-order valence-corrected chi connectivity index (χ2v) is 4.23. The molecular weight excluding hydrogens is 257 g/mol. The molecule has 0 radical (unpaired) electrons. The topological polar surface area (TPSA) is 41.5 Å². The first-order valence-corrected chi connectivity index (χ1v) is 6.24. The summed E-state index contributed by atoms with van der Waals surface area (Å²) in [5.41, 5.74) is 1.56. The largest absolute Gasteiger partial charge is 0.505 e. The summed E-state index contributed by atoms with van der Waals surface area (Å²) >= 11 is 0. The minimum Gasteiger partial charge on any atom is -0.505 e. The van der Waals surface area contributed by atoms with E-state index in [0.717, 1.165) is 11.3 Å². The fourth-order valence-electron chi connectivity index (χ4n) is 1.75. The van der Waals surface area contributed by atoms with E-state index in [2.05, 4.69) is 11.9 Å². The van der Waals surface area contributed by atoms with Gasteiger partial charge in [0.2, 0.25) is 0 Å². The van der Waals surface area contributed by atoms with Crippen LogP contribution in [0, 0.1) is 5.82 Å². The van der Waals surface area contributed by atoms with Gasteiger partial charge in [0, 0.05) is 23.9 Å². The number of nitrogens with one attached hydrogen (secondary N) is 1. The van der Waals surface area contributed by atoms with E-state index in [4.69, 9.17) is 9.84 Å². The molecular formula is C16H16FNO2. The molecule has 2 rings (SSSR count). The fraction of sp³-hybridized carbons (Fsp3) is 0.125. The molecule has 0 aliphatic carbocycles. The molecule has 0 heterocycles. The molecule has 0 aliphatic heterocycles. The molecule has 2 aromatic rings. The van der Waals surface area contributed by atoms with E-state index in [1.807, 2.05) is 24.3 Å². The van der Waals surface area contributed by atoms with Crippen LogP contribution in [0.5, 0.6) is 11.5 Å². The number of hydrogen-bond donors (Lipinski definition) is 2. The Morgan fingerprint density at radius 1 is 1.25 bits per heavy atom. The molecule has 0 aromatic heterocycles. The van der Waals surface area contributed by atoms with Gasteiger partial charge in [0.25, 0.3) is 0 Å². The van der Waals surface area contributed by atoms with E-state index < -0.39 is 5.82 Å². The van der Waals surface area contributed by atoms with Gasteiger partial charge in [-0.1, -0.05) is 30.9 Å². The minimum atomic E-state index is -0.647. The van der Waals surface area contributed by atoms with Crippen molar-refractivity contribution < 1.29 is 14.2 Å². The molecule has 0 bridgehead atoms. The summed E-state index contributed by atoms with van der Waals surface area (Å²) in [5.74, 6) is -0.240. The fourth-order valence-corrected chi connectivity index (χ4v) is 1.75. The smallest absolute Gasteiger partial charge is 0.166 e. The first-order chi connectivity index (χ1) is 9.70. The van der Waals surface area contributed by atoms with Crippen molar-refractivity contribution in [3.05, 3.63) is 66.5 Å². The average molecular weight is 273 g/mol. The zero-order chi connectivity index (χ0) is 14.4. The zero-order valence-corrected chi connectivity index (χ0v) is 11.0. The molecule has 2 N–H and O–H groups in total. The van der Waals surface area contributed by atoms with Crippen molar-refractivity contribution in [1.29, 1.82) is 0 Å². The Kier molecular flexibility index (Phi) is 4.60. The van der Waals surface area contributed by atoms with Gasteiger partial charge in [-0.05, 0) is 18.2 Å². The monoisotopic (exact) mass is 273 g/mol. The lowest BCUT2D eigenvalue weighted by Crippen LogP contribution is -2.03. The maximum atomic E-state index is 13.2. The summed E-state index contributed by atoms with van der Waals surface area (Å²) in [6.07, 6.45) is 1.68. The molecule has 104 valence electrons. The number of phenols is 1. The molecule has 0 atom stereocenters. The maximum absolute atomic E-state index is 13.2. The highest BCUT2D eigenvalue weighted by Gasteiger charge is 2.04. The lowest BCUT2D eigenvalue weighted by atomic mass is 10.2. The summed E-state index contributed by atoms with van der Waals surface area (Å²) < 4.78 is 18.8. The Hall–Kier alpha value is -2.49. The summed E-state index contributed by atoms with van der Waals surface area (Å²) in [7, 11) is 0. The molecule has 2 aromatic carbocycles. The van der Waals surface area contributed by atoms with Gasteiger partial charge in [0.15, 0.2) is 11.6 Å². The molecule has 3 nitrogen and oxygen atoms in total. The number of ether oxygens (including phenoxy) is 1. The van der Waals surface area contributed by atoms with Gasteiger partial charge in [-0.2, -0.15) is 0 Å². The van der Waals surface area contributed by atoms with Crippen LogP contribution in [0.2, 0.25) is 0 Å². The van der Waals surface area contributed by atoms with Crippen molar-refractivity contribution in [2.24, 2.45) is 0 Å². The van der Waals surface area contributed by atoms with Crippen LogP contribution in [0.3, 0.4) is 0 Å². The Bertz CT molecular complexity index is 599. The molecule has 0 saturated carbocycles. The van der Waals surface area contributed by atoms with Gasteiger partial charge in [0.05, 0.1) is 0 Å². The van der Waals surface area contributed by atoms with Crippen LogP contribution in [-0.2, 0) is 6.54 Å². The second kappa shape index (κ2) is 6.61. The van der Waals surface area contributed by atoms with E-state index >= 15 is 0 Å². The number of para-hydroxylation sites is 1. The lowest BCUT2D eigenvalue weighted by Gasteiger charge is -2.12. The van der Waals surface area contributed by atoms with Crippen molar-refractivity contribution >= 4 is 5.69 Å². The zero-order valence-electron chi connectivity index (χ0n) is 11.0. The Morgan fingerprint density at radius 2 is 2.05 bits per heavy atom. The van der Waals surface area contributed by atoms with Crippen LogP contribution in [-0.4, -0.2) is 11.7 Å². The van der Waals surface area contributed by atoms with Crippen LogP contribution < -0.4 is 10.1 Å². The molecule has 0 amide bonds. The van der Waals surface area contributed by atoms with Gasteiger partial charge in [-0.3, -0.25) is 0 Å². The highest BCUT2D eigenvalue weighted by atomic mass is 19.1. The van der Waals surface area contributed by atoms with Crippen molar-refractivity contribution in [1.82, 2.24) is 0 Å². The van der Waals surface area contributed by atoms with Gasteiger partial charge in [-0.25, -0.2) is 4.39 Å². The molecule has 0 saturated heterocycles. The first-order valence-electron chi connectivity index (χ1n) is 6.24. The average Bonchev–Trinajstić information content (AvgIpc) is 2.47. The number of halogens is 1. The Morgan fingerprint density at radius 3 is 2.80 bits per heavy atom. The standard InChI is InChI=1S/C16H16FNO2/c1-2-9-20-16-6-4-3-5-12(16)11-18-13-7-8-15(19)14(17)10-13/h2-8,10,18-19H,1,9,11H2. The predicted molar refractivity (Wildman–Crippen MR) is 77.5 cm³/mol. The number of phenolic OH excluding ortho intramolecular Hbond substituents is 1. The summed E-state index contributed by atoms with van der Waals surface area (Å²) in [4.78, 5) is 0. The van der Waals surface area contributed by atoms with Gasteiger partial charge in [0.1, 0.15) is 12.4 Å². The molecule has 0 fully saturated rings. The number of benzene rings is 2. The highest BCUT2D eigenvalue weighted by Crippen LogP contribution is 2.22. The van der Waals surface area contributed by atoms with Crippen molar-refractivity contribution in [3.8, 4) is 11.5 Å². The van der Waals surface area contributed by atoms with Crippen LogP contribution >= 0.6 is 0 Å². The molecule has 20 heavy (non-hydrogen) atoms. The molecule has 0 spiro atoms. The van der Waals surface area contributed by atoms with Crippen LogP contribution in [0.15, 0.2) is 55.1 Å². The molecule has 4 heteroatoms. The summed E-state index contributed by atoms with van der Waals surface area (Å²) in [6.45, 7) is 4.54. The number of anilines is 1. The number of aromatic hydroxyl groups is 1. The van der Waals surface area contributed by atoms with E-state index in [1.165, 1.54) is 12.1 Å². The normalized spacial score (nSPS) is 10.1. The van der Waals surface area contributed by atoms with E-state index in [0.29, 0.717) is 18.8 Å². The SMILES string of the molecule is C=CCOc1ccccc1CNc1ccc(O)c(F)c1. The van der Waals surface area contributed by atoms with E-state index in [9.17, 15) is 4.39 Å². The third kappa shape index (κ3) is 3.51. The second-order valence-electron chi connectivity index (χ2n) is 4.23. The van der Waals surface area contributed by atoms with Gasteiger partial charge < -0.3 is 15.2 Å². The first kappa shape index (κ1) is 13.9. The maximum Gasteiger partial charge on any atom is 0.166 e. The number of hydrogen-bond acceptors (Lipinski definition) is 3. The minimum absolute atomic E-state index is 0.356. The predicted octanol–water partition coefficient (Wildman–Crippen LogP) is 3.71. The Balaban J connectivity index is 2.06. The summed E-state index contributed by atoms with van der Waals surface area (Å²) in [6, 6.07) is 11.8. The molecule has 0 unspecified atom stereocenters. The molecule has 0 aliphatic rings. The van der Waals surface area contributed by atoms with Crippen LogP contribution in [0.4, 0.5) is 10.1 Å². The van der Waals surface area contributed by atoms with Crippen molar-refractivity contribution in [2.75, 3.05) is 11.9 Å². The van der Waals surface area contributed by atoms with Gasteiger partial charge >= 0.3 is 0 Å². The van der Waals surface area contributed by atoms with Crippen molar-refractivity contribution in [3.63, 3.8) is 0 Å². The van der Waals surface area contributed by atoms with Crippen LogP contribution in [0.1, 0.15) is 5.56 Å². The quantitative estimate of drug-likeness (QED) is 0.622. The van der Waals surface area contributed by atoms with Crippen LogP contribution in [0.25, 0.3) is 0 Å². The number of rotatable bonds is 6. The van der Waals surface area contributed by atoms with E-state index in [1.54, 1.807) is 12.1 Å². The van der Waals surface area contributed by atoms with E-state index in [-0.39, 0.29) is 5.75 Å². The lowest BCUT2D eigenvalue weighted by molar-refractivity contribution is 0.359.